The fourth-order valence-electron chi connectivity index (χ4n) is 9.39. The number of phosphoric ester groups is 1. The van der Waals surface area contributed by atoms with Crippen molar-refractivity contribution in [3.63, 3.8) is 0 Å². The van der Waals surface area contributed by atoms with Gasteiger partial charge in [-0.05, 0) is 83.5 Å². The van der Waals surface area contributed by atoms with Crippen molar-refractivity contribution >= 4 is 13.7 Å². The smallest absolute Gasteiger partial charge is 0.391 e. The molecule has 0 bridgehead atoms. The van der Waals surface area contributed by atoms with E-state index < -0.39 is 20.0 Å². The zero-order valence-electron chi connectivity index (χ0n) is 52.8. The lowest BCUT2D eigenvalue weighted by atomic mass is 10.0. The van der Waals surface area contributed by atoms with Crippen LogP contribution in [0.1, 0.15) is 284 Å². The Kier molecular flexibility index (Phi) is 58.6. The molecule has 0 aliphatic rings. The number of amides is 1. The minimum atomic E-state index is -4.34. The largest absolute Gasteiger partial charge is 0.472 e. The van der Waals surface area contributed by atoms with Crippen LogP contribution < -0.4 is 5.32 Å². The Morgan fingerprint density at radius 1 is 0.438 bits per heavy atom. The molecule has 9 heteroatoms. The summed E-state index contributed by atoms with van der Waals surface area (Å²) in [5, 5.41) is 14.1. The van der Waals surface area contributed by atoms with E-state index in [1.807, 2.05) is 21.1 Å². The maximum Gasteiger partial charge on any atom is 0.472 e. The van der Waals surface area contributed by atoms with Gasteiger partial charge in [0.25, 0.3) is 0 Å². The number of carbonyl (C=O) groups is 1. The standard InChI is InChI=1S/C71H127N2O6P/c1-6-8-10-12-14-16-18-20-22-24-26-28-30-31-32-33-34-35-36-37-38-39-40-41-43-45-47-49-51-53-55-57-59-61-63-65-71(75)72-69(68-79-80(76,77)78-67-66-73(3,4)5)70(74)64-62-60-58-56-54-52-50-48-46-44-42-29-27-25-23-21-19-17-15-13-11-9-7-2/h8,10,14,16,20,22,26,28,31-32,34-35,37-38,40-41,45,47,69-70,74H,6-7,9,11-13,15,17-19,21,23-25,27,29-30,33,36,39,42-44,46,48-68H2,1-5H3,(H-,72,75,76,77)/p+1/b10-8-,16-14-,22-20-,28-26-,32-31-,35-34-,38-37-,41-40-,47-45-. The molecule has 0 aromatic carbocycles. The third-order valence-electron chi connectivity index (χ3n) is 14.5. The highest BCUT2D eigenvalue weighted by atomic mass is 31.2. The van der Waals surface area contributed by atoms with E-state index in [0.717, 1.165) is 109 Å². The van der Waals surface area contributed by atoms with Gasteiger partial charge in [-0.3, -0.25) is 13.8 Å². The van der Waals surface area contributed by atoms with Gasteiger partial charge in [-0.25, -0.2) is 4.57 Å². The highest BCUT2D eigenvalue weighted by Gasteiger charge is 2.28. The van der Waals surface area contributed by atoms with Crippen molar-refractivity contribution in [2.75, 3.05) is 40.9 Å². The molecule has 0 saturated carbocycles. The first kappa shape index (κ1) is 77.2. The summed E-state index contributed by atoms with van der Waals surface area (Å²) in [5.41, 5.74) is 0. The summed E-state index contributed by atoms with van der Waals surface area (Å²) in [7, 11) is 1.60. The second kappa shape index (κ2) is 60.7. The minimum Gasteiger partial charge on any atom is -0.391 e. The number of allylic oxidation sites excluding steroid dienone is 18. The Balaban J connectivity index is 4.16. The molecule has 3 atom stereocenters. The summed E-state index contributed by atoms with van der Waals surface area (Å²) in [6.07, 6.45) is 88.8. The summed E-state index contributed by atoms with van der Waals surface area (Å²) in [5.74, 6) is -0.157. The van der Waals surface area contributed by atoms with E-state index in [4.69, 9.17) is 9.05 Å². The van der Waals surface area contributed by atoms with Crippen LogP contribution in [0.3, 0.4) is 0 Å². The zero-order valence-corrected chi connectivity index (χ0v) is 53.7. The summed E-state index contributed by atoms with van der Waals surface area (Å²) in [6.45, 7) is 4.78. The predicted octanol–water partition coefficient (Wildman–Crippen LogP) is 21.1. The van der Waals surface area contributed by atoms with Crippen LogP contribution in [0.2, 0.25) is 0 Å². The summed E-state index contributed by atoms with van der Waals surface area (Å²) in [6, 6.07) is -0.776. The predicted molar refractivity (Wildman–Crippen MR) is 350 cm³/mol. The lowest BCUT2D eigenvalue weighted by Crippen LogP contribution is -2.46. The number of nitrogens with one attached hydrogen (secondary N) is 1. The Morgan fingerprint density at radius 2 is 0.750 bits per heavy atom. The molecular formula is C71H128N2O6P+. The molecule has 3 unspecified atom stereocenters. The van der Waals surface area contributed by atoms with E-state index >= 15 is 0 Å². The third-order valence-corrected chi connectivity index (χ3v) is 15.5. The molecule has 0 aromatic heterocycles. The average Bonchev–Trinajstić information content (AvgIpc) is 3.42. The molecule has 1 amide bonds. The molecule has 80 heavy (non-hydrogen) atoms. The Bertz CT molecular complexity index is 1670. The molecule has 462 valence electrons. The number of phosphoric acid groups is 1. The van der Waals surface area contributed by atoms with Crippen molar-refractivity contribution < 1.29 is 32.9 Å². The maximum atomic E-state index is 13.1. The number of aliphatic hydroxyl groups is 1. The van der Waals surface area contributed by atoms with Crippen LogP contribution in [0.25, 0.3) is 0 Å². The van der Waals surface area contributed by atoms with Crippen molar-refractivity contribution in [1.82, 2.24) is 5.32 Å². The van der Waals surface area contributed by atoms with Gasteiger partial charge >= 0.3 is 7.82 Å². The molecule has 0 radical (unpaired) electrons. The van der Waals surface area contributed by atoms with Gasteiger partial charge < -0.3 is 19.8 Å². The minimum absolute atomic E-state index is 0.0675. The van der Waals surface area contributed by atoms with E-state index in [1.165, 1.54) is 148 Å². The molecule has 8 nitrogen and oxygen atoms in total. The molecule has 0 aliphatic carbocycles. The highest BCUT2D eigenvalue weighted by Crippen LogP contribution is 2.43. The second-order valence-corrected chi connectivity index (χ2v) is 24.9. The zero-order chi connectivity index (χ0) is 58.4. The van der Waals surface area contributed by atoms with E-state index in [1.54, 1.807) is 0 Å². The molecule has 0 saturated heterocycles. The van der Waals surface area contributed by atoms with E-state index in [2.05, 4.69) is 129 Å². The van der Waals surface area contributed by atoms with Crippen molar-refractivity contribution in [3.8, 4) is 0 Å². The van der Waals surface area contributed by atoms with Crippen molar-refractivity contribution in [2.45, 2.75) is 296 Å². The molecule has 0 heterocycles. The molecular weight excluding hydrogens is 1010 g/mol. The number of hydrogen-bond acceptors (Lipinski definition) is 5. The first-order valence-electron chi connectivity index (χ1n) is 33.3. The number of nitrogens with zero attached hydrogens (tertiary/aromatic N) is 1. The van der Waals surface area contributed by atoms with Gasteiger partial charge in [-0.1, -0.05) is 303 Å². The number of rotatable bonds is 60. The first-order chi connectivity index (χ1) is 39.0. The first-order valence-corrected chi connectivity index (χ1v) is 34.7. The summed E-state index contributed by atoms with van der Waals surface area (Å²) < 4.78 is 23.9. The van der Waals surface area contributed by atoms with E-state index in [-0.39, 0.29) is 19.1 Å². The topological polar surface area (TPSA) is 105 Å². The van der Waals surface area contributed by atoms with Crippen molar-refractivity contribution in [3.05, 3.63) is 109 Å². The average molecular weight is 1140 g/mol. The monoisotopic (exact) mass is 1140 g/mol. The SMILES string of the molecule is CC/C=C\C/C=C\C/C=C\C/C=C\C/C=C\C/C=C\C/C=C\C/C=C\C/C=C\CCCCCCCCCC(=O)NC(COP(=O)(O)OCC[N+](C)(C)C)C(O)CCCCCCCCCCCCCCCCCCCCCCCCC. The molecule has 0 spiro atoms. The number of carbonyl (C=O) groups excluding carboxylic acids is 1. The van der Waals surface area contributed by atoms with Gasteiger partial charge in [-0.2, -0.15) is 0 Å². The van der Waals surface area contributed by atoms with Crippen molar-refractivity contribution in [1.29, 1.82) is 0 Å². The molecule has 0 rings (SSSR count). The van der Waals surface area contributed by atoms with Gasteiger partial charge in [0.1, 0.15) is 13.2 Å². The number of likely N-dealkylation sites (N-methyl/N-ethyl adjacent to an activating group) is 1. The molecule has 3 N–H and O–H groups in total. The van der Waals surface area contributed by atoms with Crippen LogP contribution in [0.4, 0.5) is 0 Å². The van der Waals surface area contributed by atoms with Gasteiger partial charge in [0.15, 0.2) is 0 Å². The van der Waals surface area contributed by atoms with E-state index in [0.29, 0.717) is 23.9 Å². The third kappa shape index (κ3) is 62.8. The van der Waals surface area contributed by atoms with Crippen LogP contribution >= 0.6 is 7.82 Å². The van der Waals surface area contributed by atoms with Crippen LogP contribution in [-0.2, 0) is 18.4 Å². The molecule has 0 aliphatic heterocycles. The Morgan fingerprint density at radius 3 is 1.10 bits per heavy atom. The number of hydrogen-bond donors (Lipinski definition) is 3. The number of quaternary nitrogens is 1. The summed E-state index contributed by atoms with van der Waals surface area (Å²) >= 11 is 0. The fraction of sp³-hybridized carbons (Fsp3) is 0.732. The maximum absolute atomic E-state index is 13.1. The van der Waals surface area contributed by atoms with Crippen LogP contribution in [-0.4, -0.2) is 73.4 Å². The van der Waals surface area contributed by atoms with Crippen molar-refractivity contribution in [2.24, 2.45) is 0 Å². The van der Waals surface area contributed by atoms with Crippen LogP contribution in [0.5, 0.6) is 0 Å². The lowest BCUT2D eigenvalue weighted by Gasteiger charge is -2.26. The molecule has 0 aromatic rings. The normalized spacial score (nSPS) is 14.4. The Hall–Kier alpha value is -2.84. The van der Waals surface area contributed by atoms with Crippen LogP contribution in [0.15, 0.2) is 109 Å². The van der Waals surface area contributed by atoms with Gasteiger partial charge in [-0.15, -0.1) is 0 Å². The quantitative estimate of drug-likeness (QED) is 0.0243. The Labute approximate surface area is 495 Å². The summed E-state index contributed by atoms with van der Waals surface area (Å²) in [4.78, 5) is 23.4. The second-order valence-electron chi connectivity index (χ2n) is 23.5. The lowest BCUT2D eigenvalue weighted by molar-refractivity contribution is -0.870. The molecule has 0 fully saturated rings. The van der Waals surface area contributed by atoms with Gasteiger partial charge in [0.2, 0.25) is 5.91 Å². The van der Waals surface area contributed by atoms with E-state index in [9.17, 15) is 19.4 Å². The number of unbranched alkanes of at least 4 members (excludes halogenated alkanes) is 29. The fourth-order valence-corrected chi connectivity index (χ4v) is 10.1. The van der Waals surface area contributed by atoms with Gasteiger partial charge in [0, 0.05) is 6.42 Å². The van der Waals surface area contributed by atoms with Gasteiger partial charge in [0.05, 0.1) is 39.9 Å². The highest BCUT2D eigenvalue weighted by molar-refractivity contribution is 7.47. The van der Waals surface area contributed by atoms with Crippen LogP contribution in [0, 0.1) is 0 Å². The number of aliphatic hydroxyl groups excluding tert-OH is 1.